The highest BCUT2D eigenvalue weighted by atomic mass is 16.6. The number of carbonyl (C=O) groups excluding carboxylic acids is 2. The lowest BCUT2D eigenvalue weighted by molar-refractivity contribution is -0.171. The summed E-state index contributed by atoms with van der Waals surface area (Å²) in [6.07, 6.45) is 1.82. The van der Waals surface area contributed by atoms with Crippen molar-refractivity contribution in [2.75, 3.05) is 13.2 Å². The molecule has 0 aromatic rings. The van der Waals surface area contributed by atoms with E-state index in [1.165, 1.54) is 0 Å². The number of ether oxygens (including phenoxy) is 2. The first-order valence-corrected chi connectivity index (χ1v) is 6.32. The minimum Gasteiger partial charge on any atom is -0.465 e. The molecule has 1 aliphatic carbocycles. The van der Waals surface area contributed by atoms with E-state index < -0.39 is 17.4 Å². The smallest absolute Gasteiger partial charge is 0.323 e. The van der Waals surface area contributed by atoms with Gasteiger partial charge in [0.2, 0.25) is 0 Å². The first-order valence-electron chi connectivity index (χ1n) is 6.32. The number of rotatable bonds is 5. The molecule has 0 radical (unpaired) electrons. The van der Waals surface area contributed by atoms with Crippen molar-refractivity contribution in [3.05, 3.63) is 0 Å². The van der Waals surface area contributed by atoms with Gasteiger partial charge in [0.1, 0.15) is 0 Å². The Hall–Kier alpha value is -1.57. The van der Waals surface area contributed by atoms with Crippen LogP contribution in [0.4, 0.5) is 0 Å². The molecule has 100 valence electrons. The zero-order chi connectivity index (χ0) is 13.6. The lowest BCUT2D eigenvalue weighted by atomic mass is 9.85. The molecule has 0 heterocycles. The van der Waals surface area contributed by atoms with Crippen molar-refractivity contribution in [2.24, 2.45) is 11.3 Å². The summed E-state index contributed by atoms with van der Waals surface area (Å²) in [4.78, 5) is 24.1. The third-order valence-corrected chi connectivity index (χ3v) is 3.33. The number of hydrogen-bond acceptors (Lipinski definition) is 5. The molecule has 1 aliphatic rings. The van der Waals surface area contributed by atoms with Crippen LogP contribution in [0.3, 0.4) is 0 Å². The zero-order valence-corrected chi connectivity index (χ0v) is 10.9. The van der Waals surface area contributed by atoms with Gasteiger partial charge in [0, 0.05) is 6.42 Å². The molecule has 0 aliphatic heterocycles. The summed E-state index contributed by atoms with van der Waals surface area (Å²) in [5.74, 6) is -0.948. The normalized spacial score (nSPS) is 21.1. The standard InChI is InChI=1S/C13H19NO4/c1-3-17-11(15)13(12(16)18-4-2)7-5-10(9-13)6-8-14/h10H,3-7,9H2,1-2H3. The van der Waals surface area contributed by atoms with Crippen molar-refractivity contribution >= 4 is 11.9 Å². The Morgan fingerprint density at radius 2 is 1.83 bits per heavy atom. The highest BCUT2D eigenvalue weighted by molar-refractivity contribution is 6.00. The molecule has 0 N–H and O–H groups in total. The summed E-state index contributed by atoms with van der Waals surface area (Å²) in [5, 5.41) is 8.70. The third-order valence-electron chi connectivity index (χ3n) is 3.33. The van der Waals surface area contributed by atoms with E-state index in [2.05, 4.69) is 6.07 Å². The van der Waals surface area contributed by atoms with Gasteiger partial charge in [0.05, 0.1) is 19.3 Å². The van der Waals surface area contributed by atoms with Crippen LogP contribution in [0.1, 0.15) is 39.5 Å². The molecule has 0 spiro atoms. The van der Waals surface area contributed by atoms with Crippen LogP contribution in [0.2, 0.25) is 0 Å². The molecule has 1 saturated carbocycles. The highest BCUT2D eigenvalue weighted by Gasteiger charge is 2.53. The van der Waals surface area contributed by atoms with E-state index in [-0.39, 0.29) is 19.1 Å². The second-order valence-electron chi connectivity index (χ2n) is 4.49. The summed E-state index contributed by atoms with van der Waals surface area (Å²) >= 11 is 0. The fraction of sp³-hybridized carbons (Fsp3) is 0.769. The molecule has 0 bridgehead atoms. The van der Waals surface area contributed by atoms with Crippen LogP contribution < -0.4 is 0 Å². The van der Waals surface area contributed by atoms with E-state index in [9.17, 15) is 9.59 Å². The zero-order valence-electron chi connectivity index (χ0n) is 10.9. The van der Waals surface area contributed by atoms with Crippen molar-refractivity contribution in [2.45, 2.75) is 39.5 Å². The average molecular weight is 253 g/mol. The molecule has 1 rings (SSSR count). The van der Waals surface area contributed by atoms with Gasteiger partial charge in [0.15, 0.2) is 5.41 Å². The minimum absolute atomic E-state index is 0.0730. The fourth-order valence-electron chi connectivity index (χ4n) is 2.44. The highest BCUT2D eigenvalue weighted by Crippen LogP contribution is 2.45. The second-order valence-corrected chi connectivity index (χ2v) is 4.49. The maximum atomic E-state index is 12.0. The van der Waals surface area contributed by atoms with Crippen molar-refractivity contribution in [1.29, 1.82) is 5.26 Å². The summed E-state index contributed by atoms with van der Waals surface area (Å²) in [6.45, 7) is 3.89. The average Bonchev–Trinajstić information content (AvgIpc) is 2.76. The van der Waals surface area contributed by atoms with Gasteiger partial charge in [-0.2, -0.15) is 5.26 Å². The molecule has 0 saturated heterocycles. The van der Waals surface area contributed by atoms with Gasteiger partial charge in [-0.15, -0.1) is 0 Å². The molecule has 0 amide bonds. The Kier molecular flexibility index (Phi) is 5.14. The van der Waals surface area contributed by atoms with Crippen molar-refractivity contribution in [3.8, 4) is 6.07 Å². The molecular weight excluding hydrogens is 234 g/mol. The largest absolute Gasteiger partial charge is 0.465 e. The summed E-state index contributed by atoms with van der Waals surface area (Å²) in [6, 6.07) is 2.09. The number of esters is 2. The lowest BCUT2D eigenvalue weighted by Gasteiger charge is -2.24. The Morgan fingerprint density at radius 1 is 1.28 bits per heavy atom. The predicted octanol–water partition coefficient (Wildman–Crippen LogP) is 1.81. The topological polar surface area (TPSA) is 76.4 Å². The molecule has 5 nitrogen and oxygen atoms in total. The monoisotopic (exact) mass is 253 g/mol. The van der Waals surface area contributed by atoms with Crippen LogP contribution in [-0.4, -0.2) is 25.2 Å². The van der Waals surface area contributed by atoms with E-state index in [0.717, 1.165) is 0 Å². The Balaban J connectivity index is 2.87. The Bertz CT molecular complexity index is 340. The fourth-order valence-corrected chi connectivity index (χ4v) is 2.44. The quantitative estimate of drug-likeness (QED) is 0.551. The van der Waals surface area contributed by atoms with Gasteiger partial charge in [-0.3, -0.25) is 9.59 Å². The molecule has 5 heteroatoms. The van der Waals surface area contributed by atoms with Crippen molar-refractivity contribution in [1.82, 2.24) is 0 Å². The molecule has 1 unspecified atom stereocenters. The second kappa shape index (κ2) is 6.39. The molecule has 18 heavy (non-hydrogen) atoms. The Morgan fingerprint density at radius 3 is 2.28 bits per heavy atom. The maximum absolute atomic E-state index is 12.0. The molecule has 1 atom stereocenters. The first kappa shape index (κ1) is 14.5. The van der Waals surface area contributed by atoms with E-state index in [1.807, 2.05) is 0 Å². The Labute approximate surface area is 107 Å². The van der Waals surface area contributed by atoms with Crippen molar-refractivity contribution in [3.63, 3.8) is 0 Å². The molecular formula is C13H19NO4. The number of hydrogen-bond donors (Lipinski definition) is 0. The molecule has 0 aromatic carbocycles. The van der Waals surface area contributed by atoms with Gasteiger partial charge in [-0.25, -0.2) is 0 Å². The first-order chi connectivity index (χ1) is 8.60. The van der Waals surface area contributed by atoms with Gasteiger partial charge in [0.25, 0.3) is 0 Å². The van der Waals surface area contributed by atoms with E-state index in [4.69, 9.17) is 14.7 Å². The number of nitriles is 1. The van der Waals surface area contributed by atoms with Crippen molar-refractivity contribution < 1.29 is 19.1 Å². The summed E-state index contributed by atoms with van der Waals surface area (Å²) in [5.41, 5.74) is -1.19. The molecule has 0 aromatic heterocycles. The van der Waals surface area contributed by atoms with Gasteiger partial charge >= 0.3 is 11.9 Å². The van der Waals surface area contributed by atoms with Gasteiger partial charge in [-0.1, -0.05) is 0 Å². The predicted molar refractivity (Wildman–Crippen MR) is 63.3 cm³/mol. The van der Waals surface area contributed by atoms with E-state index in [1.54, 1.807) is 13.8 Å². The van der Waals surface area contributed by atoms with Gasteiger partial charge in [-0.05, 0) is 39.0 Å². The van der Waals surface area contributed by atoms with Gasteiger partial charge < -0.3 is 9.47 Å². The van der Waals surface area contributed by atoms with Crippen LogP contribution in [0.25, 0.3) is 0 Å². The van der Waals surface area contributed by atoms with E-state index in [0.29, 0.717) is 25.7 Å². The van der Waals surface area contributed by atoms with Crippen LogP contribution in [-0.2, 0) is 19.1 Å². The molecule has 1 fully saturated rings. The number of carbonyl (C=O) groups is 2. The SMILES string of the molecule is CCOC(=O)C1(C(=O)OCC)CCC(CC#N)C1. The van der Waals surface area contributed by atoms with E-state index >= 15 is 0 Å². The van der Waals surface area contributed by atoms with Crippen LogP contribution in [0.15, 0.2) is 0 Å². The van der Waals surface area contributed by atoms with Crippen LogP contribution >= 0.6 is 0 Å². The maximum Gasteiger partial charge on any atom is 0.323 e. The van der Waals surface area contributed by atoms with Crippen LogP contribution in [0.5, 0.6) is 0 Å². The minimum atomic E-state index is -1.19. The lowest BCUT2D eigenvalue weighted by Crippen LogP contribution is -2.40. The summed E-state index contributed by atoms with van der Waals surface area (Å²) in [7, 11) is 0. The number of nitrogens with zero attached hydrogens (tertiary/aromatic N) is 1. The summed E-state index contributed by atoms with van der Waals surface area (Å²) < 4.78 is 10.0. The third kappa shape index (κ3) is 2.81. The van der Waals surface area contributed by atoms with Crippen LogP contribution in [0, 0.1) is 22.7 Å².